The van der Waals surface area contributed by atoms with Crippen LogP contribution in [0.5, 0.6) is 11.5 Å². The van der Waals surface area contributed by atoms with E-state index < -0.39 is 11.9 Å². The lowest BCUT2D eigenvalue weighted by molar-refractivity contribution is -0.140. The molecule has 164 valence electrons. The van der Waals surface area contributed by atoms with Gasteiger partial charge in [0, 0.05) is 23.9 Å². The number of rotatable bonds is 6. The Morgan fingerprint density at radius 1 is 1.17 bits per heavy atom. The number of aliphatic imine (C=N–C) groups is 1. The number of guanidine groups is 1. The zero-order chi connectivity index (χ0) is 21.8. The molecule has 3 rings (SSSR count). The van der Waals surface area contributed by atoms with Crippen molar-refractivity contribution in [1.29, 1.82) is 0 Å². The zero-order valence-corrected chi connectivity index (χ0v) is 17.9. The van der Waals surface area contributed by atoms with Gasteiger partial charge in [0.15, 0.2) is 23.2 Å². The van der Waals surface area contributed by atoms with Crippen LogP contribution in [0.2, 0.25) is 0 Å². The van der Waals surface area contributed by atoms with Crippen molar-refractivity contribution in [2.75, 3.05) is 26.3 Å². The highest BCUT2D eigenvalue weighted by Crippen LogP contribution is 2.35. The minimum absolute atomic E-state index is 0.0700. The Morgan fingerprint density at radius 3 is 2.57 bits per heavy atom. The largest absolute Gasteiger partial charge is 0.486 e. The first-order chi connectivity index (χ1) is 14.2. The van der Waals surface area contributed by atoms with Crippen LogP contribution in [0.1, 0.15) is 37.0 Å². The van der Waals surface area contributed by atoms with Crippen molar-refractivity contribution in [3.63, 3.8) is 0 Å². The molecule has 30 heavy (non-hydrogen) atoms. The summed E-state index contributed by atoms with van der Waals surface area (Å²) in [6.07, 6.45) is -4.44. The molecule has 2 N–H and O–H groups in total. The highest BCUT2D eigenvalue weighted by atomic mass is 32.1. The van der Waals surface area contributed by atoms with Crippen LogP contribution in [0, 0.1) is 0 Å². The highest BCUT2D eigenvalue weighted by molar-refractivity contribution is 7.09. The number of hydrogen-bond donors (Lipinski definition) is 2. The number of aromatic nitrogens is 1. The van der Waals surface area contributed by atoms with Crippen LogP contribution in [-0.2, 0) is 18.1 Å². The summed E-state index contributed by atoms with van der Waals surface area (Å²) in [5.74, 6) is 1.99. The molecule has 10 heteroatoms. The molecule has 0 radical (unpaired) electrons. The fourth-order valence-electron chi connectivity index (χ4n) is 2.87. The van der Waals surface area contributed by atoms with Crippen LogP contribution < -0.4 is 20.1 Å². The molecule has 0 atom stereocenters. The van der Waals surface area contributed by atoms with E-state index in [1.54, 1.807) is 0 Å². The van der Waals surface area contributed by atoms with Crippen molar-refractivity contribution < 1.29 is 22.6 Å². The number of halogens is 3. The van der Waals surface area contributed by atoms with Gasteiger partial charge < -0.3 is 20.1 Å². The number of benzene rings is 1. The summed E-state index contributed by atoms with van der Waals surface area (Å²) in [5.41, 5.74) is -0.0586. The quantitative estimate of drug-likeness (QED) is 0.524. The predicted molar refractivity (Wildman–Crippen MR) is 110 cm³/mol. The summed E-state index contributed by atoms with van der Waals surface area (Å²) in [6.45, 7) is 8.43. The number of alkyl halides is 3. The van der Waals surface area contributed by atoms with E-state index in [0.29, 0.717) is 37.3 Å². The van der Waals surface area contributed by atoms with Gasteiger partial charge in [-0.3, -0.25) is 0 Å². The number of ether oxygens (including phenoxy) is 2. The maximum Gasteiger partial charge on any atom is 0.434 e. The Kier molecular flexibility index (Phi) is 6.74. The maximum atomic E-state index is 12.7. The van der Waals surface area contributed by atoms with Crippen LogP contribution in [0.25, 0.3) is 0 Å². The zero-order valence-electron chi connectivity index (χ0n) is 17.1. The smallest absolute Gasteiger partial charge is 0.434 e. The van der Waals surface area contributed by atoms with E-state index in [9.17, 15) is 13.2 Å². The summed E-state index contributed by atoms with van der Waals surface area (Å²) in [6, 6.07) is 5.90. The van der Waals surface area contributed by atoms with E-state index in [1.807, 2.05) is 25.1 Å². The van der Waals surface area contributed by atoms with E-state index in [0.717, 1.165) is 33.8 Å². The molecule has 2 aromatic rings. The normalized spacial score (nSPS) is 14.5. The maximum absolute atomic E-state index is 12.7. The first-order valence-electron chi connectivity index (χ1n) is 9.63. The second-order valence-electron chi connectivity index (χ2n) is 7.42. The van der Waals surface area contributed by atoms with Crippen molar-refractivity contribution in [2.24, 2.45) is 4.99 Å². The van der Waals surface area contributed by atoms with Gasteiger partial charge in [0.1, 0.15) is 18.2 Å². The Morgan fingerprint density at radius 2 is 1.90 bits per heavy atom. The Balaban J connectivity index is 1.65. The molecule has 1 aromatic heterocycles. The fourth-order valence-corrected chi connectivity index (χ4v) is 3.60. The number of thiazole rings is 1. The van der Waals surface area contributed by atoms with Gasteiger partial charge in [-0.2, -0.15) is 13.2 Å². The molecule has 1 aliphatic heterocycles. The van der Waals surface area contributed by atoms with Crippen LogP contribution in [0.15, 0.2) is 28.6 Å². The SMILES string of the molecule is CCNC(=NCc1nc(C(F)(F)F)cs1)NCC(C)(C)c1ccc2c(c1)OCCO2. The average molecular weight is 443 g/mol. The van der Waals surface area contributed by atoms with Crippen molar-refractivity contribution in [3.05, 3.63) is 39.8 Å². The molecule has 0 bridgehead atoms. The third-order valence-electron chi connectivity index (χ3n) is 4.58. The Bertz CT molecular complexity index is 896. The lowest BCUT2D eigenvalue weighted by Gasteiger charge is -2.28. The predicted octanol–water partition coefficient (Wildman–Crippen LogP) is 3.97. The van der Waals surface area contributed by atoms with Gasteiger partial charge in [-0.1, -0.05) is 19.9 Å². The highest BCUT2D eigenvalue weighted by Gasteiger charge is 2.33. The molecule has 2 heterocycles. The van der Waals surface area contributed by atoms with Gasteiger partial charge in [-0.15, -0.1) is 11.3 Å². The number of nitrogens with one attached hydrogen (secondary N) is 2. The molecule has 0 fully saturated rings. The van der Waals surface area contributed by atoms with Crippen LogP contribution >= 0.6 is 11.3 Å². The van der Waals surface area contributed by atoms with E-state index in [4.69, 9.17) is 9.47 Å². The number of hydrogen-bond acceptors (Lipinski definition) is 5. The Hall–Kier alpha value is -2.49. The standard InChI is InChI=1S/C20H25F3N4O2S/c1-4-24-18(25-10-17-27-16(11-30-17)20(21,22)23)26-12-19(2,3)13-5-6-14-15(9-13)29-8-7-28-14/h5-6,9,11H,4,7-8,10,12H2,1-3H3,(H2,24,25,26). The van der Waals surface area contributed by atoms with Gasteiger partial charge in [0.25, 0.3) is 0 Å². The van der Waals surface area contributed by atoms with Gasteiger partial charge in [0.05, 0.1) is 6.54 Å². The summed E-state index contributed by atoms with van der Waals surface area (Å²) in [7, 11) is 0. The summed E-state index contributed by atoms with van der Waals surface area (Å²) < 4.78 is 49.4. The van der Waals surface area contributed by atoms with Crippen LogP contribution in [-0.4, -0.2) is 37.2 Å². The first kappa shape index (κ1) is 22.2. The molecular weight excluding hydrogens is 417 g/mol. The lowest BCUT2D eigenvalue weighted by atomic mass is 9.84. The molecule has 1 aromatic carbocycles. The molecule has 0 saturated carbocycles. The van der Waals surface area contributed by atoms with Gasteiger partial charge in [-0.25, -0.2) is 9.98 Å². The van der Waals surface area contributed by atoms with E-state index in [1.165, 1.54) is 0 Å². The van der Waals surface area contributed by atoms with Gasteiger partial charge in [0.2, 0.25) is 0 Å². The third-order valence-corrected chi connectivity index (χ3v) is 5.41. The van der Waals surface area contributed by atoms with Crippen molar-refractivity contribution in [2.45, 2.75) is 38.9 Å². The first-order valence-corrected chi connectivity index (χ1v) is 10.5. The van der Waals surface area contributed by atoms with Crippen LogP contribution in [0.4, 0.5) is 13.2 Å². The molecular formula is C20H25F3N4O2S. The topological polar surface area (TPSA) is 67.8 Å². The van der Waals surface area contributed by atoms with Gasteiger partial charge in [-0.05, 0) is 24.6 Å². The van der Waals surface area contributed by atoms with E-state index >= 15 is 0 Å². The molecule has 0 aliphatic carbocycles. The lowest BCUT2D eigenvalue weighted by Crippen LogP contribution is -2.43. The fraction of sp³-hybridized carbons (Fsp3) is 0.500. The van der Waals surface area contributed by atoms with Crippen LogP contribution in [0.3, 0.4) is 0 Å². The second-order valence-corrected chi connectivity index (χ2v) is 8.36. The third kappa shape index (κ3) is 5.56. The molecule has 0 amide bonds. The summed E-state index contributed by atoms with van der Waals surface area (Å²) >= 11 is 0.951. The van der Waals surface area contributed by atoms with Crippen molar-refractivity contribution >= 4 is 17.3 Å². The summed E-state index contributed by atoms with van der Waals surface area (Å²) in [5, 5.41) is 7.70. The second kappa shape index (κ2) is 9.11. The number of nitrogens with zero attached hydrogens (tertiary/aromatic N) is 2. The molecule has 0 unspecified atom stereocenters. The molecule has 0 saturated heterocycles. The monoisotopic (exact) mass is 442 g/mol. The minimum Gasteiger partial charge on any atom is -0.486 e. The average Bonchev–Trinajstić information content (AvgIpc) is 3.19. The molecule has 6 nitrogen and oxygen atoms in total. The Labute approximate surface area is 177 Å². The summed E-state index contributed by atoms with van der Waals surface area (Å²) in [4.78, 5) is 7.99. The number of fused-ring (bicyclic) bond motifs is 1. The van der Waals surface area contributed by atoms with E-state index in [-0.39, 0.29) is 12.0 Å². The molecule has 1 aliphatic rings. The molecule has 0 spiro atoms. The van der Waals surface area contributed by atoms with Crippen molar-refractivity contribution in [1.82, 2.24) is 15.6 Å². The van der Waals surface area contributed by atoms with Gasteiger partial charge >= 0.3 is 6.18 Å². The van der Waals surface area contributed by atoms with E-state index in [2.05, 4.69) is 34.5 Å². The minimum atomic E-state index is -4.44. The van der Waals surface area contributed by atoms with Crippen molar-refractivity contribution in [3.8, 4) is 11.5 Å².